The van der Waals surface area contributed by atoms with E-state index >= 15 is 0 Å². The van der Waals surface area contributed by atoms with Crippen molar-refractivity contribution in [3.63, 3.8) is 0 Å². The predicted molar refractivity (Wildman–Crippen MR) is 87.7 cm³/mol. The summed E-state index contributed by atoms with van der Waals surface area (Å²) in [5.41, 5.74) is 1.10. The number of ether oxygens (including phenoxy) is 2. The van der Waals surface area contributed by atoms with Crippen molar-refractivity contribution in [2.45, 2.75) is 25.3 Å². The fraction of sp³-hybridized carbons (Fsp3) is 0.235. The van der Waals surface area contributed by atoms with E-state index in [1.807, 2.05) is 0 Å². The fourth-order valence-electron chi connectivity index (χ4n) is 2.49. The zero-order valence-corrected chi connectivity index (χ0v) is 14.4. The van der Waals surface area contributed by atoms with E-state index in [-0.39, 0.29) is 29.5 Å². The van der Waals surface area contributed by atoms with Crippen LogP contribution in [0.4, 0.5) is 13.2 Å². The van der Waals surface area contributed by atoms with Gasteiger partial charge < -0.3 is 14.3 Å². The number of alkyl halides is 3. The Morgan fingerprint density at radius 2 is 1.89 bits per heavy atom. The number of nitrogens with one attached hydrogen (secondary N) is 1. The van der Waals surface area contributed by atoms with E-state index in [4.69, 9.17) is 14.8 Å². The van der Waals surface area contributed by atoms with E-state index in [2.05, 4.69) is 14.9 Å². The maximum atomic E-state index is 12.2. The highest BCUT2D eigenvalue weighted by Gasteiger charge is 2.38. The normalized spacial score (nSPS) is 18.8. The lowest BCUT2D eigenvalue weighted by molar-refractivity contribution is -0.274. The first kappa shape index (κ1) is 19.4. The molecule has 2 aromatic rings. The second-order valence-electron chi connectivity index (χ2n) is 5.98. The van der Waals surface area contributed by atoms with Gasteiger partial charge in [-0.3, -0.25) is 10.0 Å². The number of pyridine rings is 1. The molecule has 3 rings (SSSR count). The van der Waals surface area contributed by atoms with Crippen LogP contribution in [0.3, 0.4) is 0 Å². The van der Waals surface area contributed by atoms with Gasteiger partial charge in [0, 0.05) is 0 Å². The Bertz CT molecular complexity index is 884. The SMILES string of the molecule is C[C@]1(c2ccc(OC(F)(F)F)cc2)CC(Oc2ccc(C(=O)NO)nc2)=NO1. The summed E-state index contributed by atoms with van der Waals surface area (Å²) in [7, 11) is 0. The number of carbonyl (C=O) groups is 1. The lowest BCUT2D eigenvalue weighted by Crippen LogP contribution is -2.23. The number of rotatable bonds is 4. The molecule has 0 spiro atoms. The van der Waals surface area contributed by atoms with E-state index in [1.54, 1.807) is 6.92 Å². The minimum atomic E-state index is -4.76. The molecule has 8 nitrogen and oxygen atoms in total. The Kier molecular flexibility index (Phi) is 5.10. The molecule has 1 aromatic heterocycles. The van der Waals surface area contributed by atoms with Crippen LogP contribution in [0.15, 0.2) is 47.8 Å². The summed E-state index contributed by atoms with van der Waals surface area (Å²) in [5, 5.41) is 12.4. The van der Waals surface area contributed by atoms with Gasteiger partial charge in [-0.1, -0.05) is 17.3 Å². The quantitative estimate of drug-likeness (QED) is 0.607. The third-order valence-corrected chi connectivity index (χ3v) is 3.84. The first-order valence-electron chi connectivity index (χ1n) is 7.88. The number of carbonyl (C=O) groups excluding carboxylic acids is 1. The number of halogens is 3. The van der Waals surface area contributed by atoms with Gasteiger partial charge in [0.15, 0.2) is 5.60 Å². The highest BCUT2D eigenvalue weighted by Crippen LogP contribution is 2.36. The van der Waals surface area contributed by atoms with Gasteiger partial charge in [-0.05, 0) is 36.8 Å². The van der Waals surface area contributed by atoms with Gasteiger partial charge in [0.25, 0.3) is 5.91 Å². The van der Waals surface area contributed by atoms with E-state index < -0.39 is 17.9 Å². The predicted octanol–water partition coefficient (Wildman–Crippen LogP) is 3.13. The molecule has 148 valence electrons. The van der Waals surface area contributed by atoms with Gasteiger partial charge in [0.05, 0.1) is 12.6 Å². The maximum Gasteiger partial charge on any atom is 0.573 e. The fourth-order valence-corrected chi connectivity index (χ4v) is 2.49. The molecule has 1 amide bonds. The molecule has 0 fully saturated rings. The number of hydroxylamine groups is 1. The summed E-state index contributed by atoms with van der Waals surface area (Å²) in [6, 6.07) is 8.07. The van der Waals surface area contributed by atoms with Crippen molar-refractivity contribution < 1.29 is 37.5 Å². The van der Waals surface area contributed by atoms with Crippen LogP contribution in [0, 0.1) is 0 Å². The van der Waals surface area contributed by atoms with Gasteiger partial charge in [-0.25, -0.2) is 10.5 Å². The molecule has 28 heavy (non-hydrogen) atoms. The van der Waals surface area contributed by atoms with Crippen LogP contribution < -0.4 is 15.0 Å². The second kappa shape index (κ2) is 7.35. The highest BCUT2D eigenvalue weighted by molar-refractivity contribution is 5.91. The van der Waals surface area contributed by atoms with Crippen LogP contribution >= 0.6 is 0 Å². The molecule has 1 atom stereocenters. The summed E-state index contributed by atoms with van der Waals surface area (Å²) in [6.45, 7) is 1.71. The summed E-state index contributed by atoms with van der Waals surface area (Å²) in [4.78, 5) is 20.5. The molecule has 0 saturated carbocycles. The molecule has 1 aromatic carbocycles. The maximum absolute atomic E-state index is 12.2. The molecule has 11 heteroatoms. The van der Waals surface area contributed by atoms with Gasteiger partial charge in [-0.2, -0.15) is 0 Å². The van der Waals surface area contributed by atoms with Gasteiger partial charge in [0.2, 0.25) is 5.90 Å². The molecular formula is C17H14F3N3O5. The molecule has 1 aliphatic rings. The molecule has 0 radical (unpaired) electrons. The molecule has 0 saturated heterocycles. The first-order chi connectivity index (χ1) is 13.2. The number of oxime groups is 1. The van der Waals surface area contributed by atoms with Crippen molar-refractivity contribution in [3.8, 4) is 11.5 Å². The summed E-state index contributed by atoms with van der Waals surface area (Å²) >= 11 is 0. The Labute approximate surface area is 156 Å². The number of hydrogen-bond donors (Lipinski definition) is 2. The molecule has 2 N–H and O–H groups in total. The van der Waals surface area contributed by atoms with Crippen LogP contribution in [0.5, 0.6) is 11.5 Å². The smallest absolute Gasteiger partial charge is 0.438 e. The average molecular weight is 397 g/mol. The van der Waals surface area contributed by atoms with Gasteiger partial charge in [-0.15, -0.1) is 13.2 Å². The third-order valence-electron chi connectivity index (χ3n) is 3.84. The molecule has 1 aliphatic heterocycles. The van der Waals surface area contributed by atoms with Crippen LogP contribution in [-0.2, 0) is 10.4 Å². The van der Waals surface area contributed by atoms with E-state index in [0.717, 1.165) is 0 Å². The largest absolute Gasteiger partial charge is 0.573 e. The zero-order valence-electron chi connectivity index (χ0n) is 14.4. The summed E-state index contributed by atoms with van der Waals surface area (Å²) in [5.74, 6) is -0.596. The molecular weight excluding hydrogens is 383 g/mol. The summed E-state index contributed by atoms with van der Waals surface area (Å²) in [6.07, 6.45) is -3.28. The lowest BCUT2D eigenvalue weighted by atomic mass is 9.93. The van der Waals surface area contributed by atoms with Crippen molar-refractivity contribution in [2.75, 3.05) is 0 Å². The van der Waals surface area contributed by atoms with Crippen molar-refractivity contribution in [1.29, 1.82) is 0 Å². The molecule has 0 aliphatic carbocycles. The van der Waals surface area contributed by atoms with E-state index in [1.165, 1.54) is 48.1 Å². The molecule has 0 unspecified atom stereocenters. The van der Waals surface area contributed by atoms with Crippen LogP contribution in [0.1, 0.15) is 29.4 Å². The van der Waals surface area contributed by atoms with E-state index in [0.29, 0.717) is 5.56 Å². The Hall–Kier alpha value is -3.34. The van der Waals surface area contributed by atoms with Gasteiger partial charge in [0.1, 0.15) is 17.2 Å². The first-order valence-corrected chi connectivity index (χ1v) is 7.88. The third kappa shape index (κ3) is 4.49. The van der Waals surface area contributed by atoms with Crippen molar-refractivity contribution in [2.24, 2.45) is 5.16 Å². The zero-order chi connectivity index (χ0) is 20.4. The van der Waals surface area contributed by atoms with Gasteiger partial charge >= 0.3 is 6.36 Å². The summed E-state index contributed by atoms with van der Waals surface area (Å²) < 4.78 is 46.1. The number of amides is 1. The number of nitrogens with zero attached hydrogens (tertiary/aromatic N) is 2. The average Bonchev–Trinajstić information content (AvgIpc) is 3.03. The minimum Gasteiger partial charge on any atom is -0.438 e. The standard InChI is InChI=1S/C17H14F3N3O5/c1-16(10-2-4-11(5-3-10)27-17(18,19)20)8-14(23-28-16)26-12-6-7-13(21-9-12)15(24)22-25/h2-7,9,25H,8H2,1H3,(H,22,24)/t16-/m1/s1. The Morgan fingerprint density at radius 3 is 2.46 bits per heavy atom. The number of aromatic nitrogens is 1. The van der Waals surface area contributed by atoms with Crippen molar-refractivity contribution >= 4 is 11.8 Å². The van der Waals surface area contributed by atoms with Crippen LogP contribution in [0.2, 0.25) is 0 Å². The Balaban J connectivity index is 1.64. The molecule has 2 heterocycles. The van der Waals surface area contributed by atoms with Crippen molar-refractivity contribution in [3.05, 3.63) is 53.9 Å². The highest BCUT2D eigenvalue weighted by atomic mass is 19.4. The minimum absolute atomic E-state index is 0.00883. The number of hydrogen-bond acceptors (Lipinski definition) is 7. The van der Waals surface area contributed by atoms with Crippen molar-refractivity contribution in [1.82, 2.24) is 10.5 Å². The van der Waals surface area contributed by atoms with E-state index in [9.17, 15) is 18.0 Å². The lowest BCUT2D eigenvalue weighted by Gasteiger charge is -2.21. The van der Waals surface area contributed by atoms with Crippen LogP contribution in [-0.4, -0.2) is 28.4 Å². The number of benzene rings is 1. The topological polar surface area (TPSA) is 102 Å². The molecule has 0 bridgehead atoms. The Morgan fingerprint density at radius 1 is 1.21 bits per heavy atom. The van der Waals surface area contributed by atoms with Crippen LogP contribution in [0.25, 0.3) is 0 Å². The monoisotopic (exact) mass is 397 g/mol. The second-order valence-corrected chi connectivity index (χ2v) is 5.98.